The number of nitrogens with two attached hydrogens (primary N) is 1. The fraction of sp³-hybridized carbons (Fsp3) is 0.333. The van der Waals surface area contributed by atoms with Crippen molar-refractivity contribution in [1.82, 2.24) is 10.1 Å². The van der Waals surface area contributed by atoms with Crippen LogP contribution in [0.4, 0.5) is 4.39 Å². The Morgan fingerprint density at radius 2 is 2.19 bits per heavy atom. The summed E-state index contributed by atoms with van der Waals surface area (Å²) in [4.78, 5) is 3.74. The number of primary sulfonamides is 1. The molecule has 0 bridgehead atoms. The smallest absolute Gasteiger partial charge is 0.238 e. The highest BCUT2D eigenvalue weighted by Crippen LogP contribution is 2.21. The van der Waals surface area contributed by atoms with Crippen LogP contribution in [-0.4, -0.2) is 18.6 Å². The number of aromatic nitrogens is 2. The molecule has 0 atom stereocenters. The van der Waals surface area contributed by atoms with E-state index < -0.39 is 15.8 Å². The first-order valence-electron chi connectivity index (χ1n) is 6.16. The molecule has 0 spiro atoms. The molecule has 7 nitrogen and oxygen atoms in total. The van der Waals surface area contributed by atoms with Gasteiger partial charge in [0.1, 0.15) is 0 Å². The third kappa shape index (κ3) is 3.99. The van der Waals surface area contributed by atoms with Crippen LogP contribution in [0.15, 0.2) is 27.6 Å². The summed E-state index contributed by atoms with van der Waals surface area (Å²) in [7, 11) is -3.95. The van der Waals surface area contributed by atoms with Gasteiger partial charge < -0.3 is 9.26 Å². The van der Waals surface area contributed by atoms with Crippen LogP contribution >= 0.6 is 0 Å². The van der Waals surface area contributed by atoms with Crippen LogP contribution in [0.3, 0.4) is 0 Å². The summed E-state index contributed by atoms with van der Waals surface area (Å²) >= 11 is 0. The Morgan fingerprint density at radius 1 is 1.43 bits per heavy atom. The quantitative estimate of drug-likeness (QED) is 0.863. The lowest BCUT2D eigenvalue weighted by Gasteiger charge is -2.06. The van der Waals surface area contributed by atoms with Crippen molar-refractivity contribution in [2.45, 2.75) is 31.3 Å². The zero-order valence-electron chi connectivity index (χ0n) is 11.2. The molecule has 2 rings (SSSR count). The molecule has 21 heavy (non-hydrogen) atoms. The zero-order chi connectivity index (χ0) is 15.5. The molecule has 0 saturated carbocycles. The Morgan fingerprint density at radius 3 is 2.81 bits per heavy atom. The Bertz CT molecular complexity index is 730. The molecule has 0 aliphatic heterocycles. The molecule has 2 N–H and O–H groups in total. The van der Waals surface area contributed by atoms with Gasteiger partial charge >= 0.3 is 0 Å². The predicted octanol–water partition coefficient (Wildman–Crippen LogP) is 1.39. The van der Waals surface area contributed by atoms with Crippen molar-refractivity contribution in [3.05, 3.63) is 35.7 Å². The second-order valence-corrected chi connectivity index (χ2v) is 5.84. The highest BCUT2D eigenvalue weighted by Gasteiger charge is 2.13. The molecule has 1 heterocycles. The minimum Gasteiger partial charge on any atom is -0.482 e. The lowest BCUT2D eigenvalue weighted by molar-refractivity contribution is 0.272. The van der Waals surface area contributed by atoms with Crippen molar-refractivity contribution in [1.29, 1.82) is 0 Å². The fourth-order valence-electron chi connectivity index (χ4n) is 1.58. The molecule has 0 aliphatic carbocycles. The first-order chi connectivity index (χ1) is 9.90. The van der Waals surface area contributed by atoms with E-state index in [1.54, 1.807) is 0 Å². The fourth-order valence-corrected chi connectivity index (χ4v) is 2.11. The number of hydrogen-bond acceptors (Lipinski definition) is 6. The SMILES string of the molecule is CCCc1nc(COc2ccc(S(N)(=O)=O)cc2F)no1. The van der Waals surface area contributed by atoms with E-state index in [1.807, 2.05) is 6.92 Å². The summed E-state index contributed by atoms with van der Waals surface area (Å²) in [6.07, 6.45) is 1.52. The van der Waals surface area contributed by atoms with E-state index in [-0.39, 0.29) is 23.1 Å². The van der Waals surface area contributed by atoms with E-state index in [9.17, 15) is 12.8 Å². The summed E-state index contributed by atoms with van der Waals surface area (Å²) in [6, 6.07) is 3.14. The Labute approximate surface area is 121 Å². The molecule has 0 amide bonds. The summed E-state index contributed by atoms with van der Waals surface area (Å²) < 4.78 is 46.0. The van der Waals surface area contributed by atoms with Gasteiger partial charge in [-0.25, -0.2) is 17.9 Å². The first-order valence-corrected chi connectivity index (χ1v) is 7.71. The molecule has 0 unspecified atom stereocenters. The van der Waals surface area contributed by atoms with Crippen LogP contribution in [0.2, 0.25) is 0 Å². The van der Waals surface area contributed by atoms with Gasteiger partial charge in [-0.1, -0.05) is 12.1 Å². The molecule has 1 aromatic heterocycles. The highest BCUT2D eigenvalue weighted by atomic mass is 32.2. The maximum absolute atomic E-state index is 13.7. The summed E-state index contributed by atoms with van der Waals surface area (Å²) in [5, 5.41) is 8.59. The molecular weight excluding hydrogens is 301 g/mol. The number of nitrogens with zero attached hydrogens (tertiary/aromatic N) is 2. The molecule has 9 heteroatoms. The van der Waals surface area contributed by atoms with Gasteiger partial charge in [0.15, 0.2) is 18.2 Å². The first kappa shape index (κ1) is 15.4. The minimum absolute atomic E-state index is 0.0845. The number of sulfonamides is 1. The maximum Gasteiger partial charge on any atom is 0.238 e. The molecular formula is C12H14FN3O4S. The highest BCUT2D eigenvalue weighted by molar-refractivity contribution is 7.89. The van der Waals surface area contributed by atoms with Crippen molar-refractivity contribution in [2.75, 3.05) is 0 Å². The van der Waals surface area contributed by atoms with Gasteiger partial charge in [-0.15, -0.1) is 0 Å². The number of halogens is 1. The van der Waals surface area contributed by atoms with E-state index >= 15 is 0 Å². The molecule has 0 fully saturated rings. The van der Waals surface area contributed by atoms with Gasteiger partial charge in [0.25, 0.3) is 0 Å². The van der Waals surface area contributed by atoms with E-state index in [0.29, 0.717) is 12.3 Å². The molecule has 0 saturated heterocycles. The number of aryl methyl sites for hydroxylation is 1. The van der Waals surface area contributed by atoms with Crippen molar-refractivity contribution in [3.8, 4) is 5.75 Å². The molecule has 114 valence electrons. The monoisotopic (exact) mass is 315 g/mol. The third-order valence-electron chi connectivity index (χ3n) is 2.56. The van der Waals surface area contributed by atoms with Crippen molar-refractivity contribution < 1.29 is 22.1 Å². The molecule has 2 aromatic rings. The Kier molecular flexibility index (Phi) is 4.53. The maximum atomic E-state index is 13.7. The van der Waals surface area contributed by atoms with Gasteiger partial charge in [-0.2, -0.15) is 4.98 Å². The van der Waals surface area contributed by atoms with Crippen LogP contribution in [0.5, 0.6) is 5.75 Å². The number of ether oxygens (including phenoxy) is 1. The number of hydrogen-bond donors (Lipinski definition) is 1. The zero-order valence-corrected chi connectivity index (χ0v) is 12.1. The van der Waals surface area contributed by atoms with E-state index in [0.717, 1.165) is 18.6 Å². The van der Waals surface area contributed by atoms with E-state index in [4.69, 9.17) is 14.4 Å². The second kappa shape index (κ2) is 6.19. The standard InChI is InChI=1S/C12H14FN3O4S/c1-2-3-12-15-11(16-20-12)7-19-10-5-4-8(6-9(10)13)21(14,17)18/h4-6H,2-3,7H2,1H3,(H2,14,17,18). The molecule has 0 aliphatic rings. The summed E-state index contributed by atoms with van der Waals surface area (Å²) in [6.45, 7) is 1.89. The van der Waals surface area contributed by atoms with Crippen LogP contribution in [-0.2, 0) is 23.1 Å². The lowest BCUT2D eigenvalue weighted by atomic mass is 10.3. The van der Waals surface area contributed by atoms with E-state index in [1.165, 1.54) is 6.07 Å². The largest absolute Gasteiger partial charge is 0.482 e. The summed E-state index contributed by atoms with van der Waals surface area (Å²) in [5.74, 6) is -0.183. The van der Waals surface area contributed by atoms with Crippen molar-refractivity contribution >= 4 is 10.0 Å². The van der Waals surface area contributed by atoms with Crippen LogP contribution in [0, 0.1) is 5.82 Å². The minimum atomic E-state index is -3.95. The van der Waals surface area contributed by atoms with Crippen LogP contribution in [0.1, 0.15) is 25.1 Å². The van der Waals surface area contributed by atoms with Gasteiger partial charge in [0, 0.05) is 6.42 Å². The van der Waals surface area contributed by atoms with E-state index in [2.05, 4.69) is 10.1 Å². The van der Waals surface area contributed by atoms with Crippen molar-refractivity contribution in [2.24, 2.45) is 5.14 Å². The van der Waals surface area contributed by atoms with Gasteiger partial charge in [-0.05, 0) is 24.6 Å². The second-order valence-electron chi connectivity index (χ2n) is 4.28. The van der Waals surface area contributed by atoms with Gasteiger partial charge in [0.2, 0.25) is 21.7 Å². The van der Waals surface area contributed by atoms with Crippen molar-refractivity contribution in [3.63, 3.8) is 0 Å². The Hall–Kier alpha value is -2.00. The number of benzene rings is 1. The average Bonchev–Trinajstić information content (AvgIpc) is 2.84. The lowest BCUT2D eigenvalue weighted by Crippen LogP contribution is -2.12. The average molecular weight is 315 g/mol. The number of rotatable bonds is 6. The molecule has 1 aromatic carbocycles. The summed E-state index contributed by atoms with van der Waals surface area (Å²) in [5.41, 5.74) is 0. The topological polar surface area (TPSA) is 108 Å². The Balaban J connectivity index is 2.06. The van der Waals surface area contributed by atoms with Gasteiger partial charge in [-0.3, -0.25) is 0 Å². The van der Waals surface area contributed by atoms with Crippen LogP contribution in [0.25, 0.3) is 0 Å². The van der Waals surface area contributed by atoms with Crippen LogP contribution < -0.4 is 9.88 Å². The third-order valence-corrected chi connectivity index (χ3v) is 3.47. The molecule has 0 radical (unpaired) electrons. The normalized spacial score (nSPS) is 11.6. The van der Waals surface area contributed by atoms with Gasteiger partial charge in [0.05, 0.1) is 4.90 Å². The predicted molar refractivity (Wildman–Crippen MR) is 70.4 cm³/mol.